The zero-order valence-corrected chi connectivity index (χ0v) is 14.3. The van der Waals surface area contributed by atoms with E-state index < -0.39 is 0 Å². The number of nitrogens with one attached hydrogen (secondary N) is 2. The van der Waals surface area contributed by atoms with Crippen LogP contribution in [0.3, 0.4) is 0 Å². The van der Waals surface area contributed by atoms with Crippen LogP contribution in [0.2, 0.25) is 0 Å². The third-order valence-corrected chi connectivity index (χ3v) is 3.41. The van der Waals surface area contributed by atoms with E-state index in [4.69, 9.17) is 0 Å². The lowest BCUT2D eigenvalue weighted by Crippen LogP contribution is -3.04. The van der Waals surface area contributed by atoms with Gasteiger partial charge in [-0.2, -0.15) is 9.36 Å². The number of tetrazole rings is 2. The molecule has 2 heterocycles. The summed E-state index contributed by atoms with van der Waals surface area (Å²) in [6, 6.07) is 7.87. The highest BCUT2D eigenvalue weighted by molar-refractivity contribution is 5.43. The molecule has 3 rings (SSSR count). The summed E-state index contributed by atoms with van der Waals surface area (Å²) in [6.07, 6.45) is 0. The van der Waals surface area contributed by atoms with Gasteiger partial charge in [-0.15, -0.1) is 10.2 Å². The molecule has 0 spiro atoms. The molecule has 0 atom stereocenters. The van der Waals surface area contributed by atoms with Crippen molar-refractivity contribution in [1.82, 2.24) is 40.4 Å². The lowest BCUT2D eigenvalue weighted by Gasteiger charge is -2.10. The smallest absolute Gasteiger partial charge is 0.210 e. The van der Waals surface area contributed by atoms with Crippen molar-refractivity contribution in [2.75, 3.05) is 28.2 Å². The van der Waals surface area contributed by atoms with Gasteiger partial charge in [-0.1, -0.05) is 6.07 Å². The van der Waals surface area contributed by atoms with Gasteiger partial charge in [0.25, 0.3) is 0 Å². The van der Waals surface area contributed by atoms with Crippen LogP contribution >= 0.6 is 0 Å². The molecule has 0 saturated heterocycles. The normalized spacial score (nSPS) is 11.6. The molecule has 0 aliphatic heterocycles. The molecule has 0 bridgehead atoms. The van der Waals surface area contributed by atoms with Crippen LogP contribution in [0.25, 0.3) is 11.4 Å². The fraction of sp³-hybridized carbons (Fsp3) is 0.429. The average molecular weight is 330 g/mol. The Kier molecular flexibility index (Phi) is 4.58. The molecule has 10 nitrogen and oxygen atoms in total. The molecule has 0 aliphatic rings. The number of hydrogen-bond donors (Lipinski definition) is 2. The number of aromatic nitrogens is 8. The number of benzene rings is 1. The maximum atomic E-state index is 4.11. The van der Waals surface area contributed by atoms with Crippen molar-refractivity contribution in [3.05, 3.63) is 35.9 Å². The van der Waals surface area contributed by atoms with Gasteiger partial charge in [-0.3, -0.25) is 0 Å². The maximum Gasteiger partial charge on any atom is 0.210 e. The molecule has 3 aromatic rings. The van der Waals surface area contributed by atoms with Crippen molar-refractivity contribution < 1.29 is 9.80 Å². The SMILES string of the molecule is C[NH+](C)Cc1nnnn1-c1cccc(-n2nnnc2C[NH+](C)C)c1. The molecular weight excluding hydrogens is 308 g/mol. The van der Waals surface area contributed by atoms with Crippen LogP contribution in [0.15, 0.2) is 24.3 Å². The van der Waals surface area contributed by atoms with Crippen LogP contribution < -0.4 is 9.80 Å². The van der Waals surface area contributed by atoms with Crippen LogP contribution in [0.5, 0.6) is 0 Å². The summed E-state index contributed by atoms with van der Waals surface area (Å²) >= 11 is 0. The van der Waals surface area contributed by atoms with Gasteiger partial charge in [0, 0.05) is 0 Å². The number of quaternary nitrogens is 2. The summed E-state index contributed by atoms with van der Waals surface area (Å²) in [7, 11) is 8.25. The monoisotopic (exact) mass is 330 g/mol. The van der Waals surface area contributed by atoms with E-state index in [9.17, 15) is 0 Å². The Morgan fingerprint density at radius 3 is 1.67 bits per heavy atom. The van der Waals surface area contributed by atoms with Gasteiger partial charge >= 0.3 is 0 Å². The molecule has 0 radical (unpaired) electrons. The topological polar surface area (TPSA) is 96.1 Å². The Hall–Kier alpha value is -2.72. The first-order valence-corrected chi connectivity index (χ1v) is 7.78. The first-order valence-electron chi connectivity index (χ1n) is 7.78. The Labute approximate surface area is 139 Å². The van der Waals surface area contributed by atoms with Gasteiger partial charge in [0.15, 0.2) is 0 Å². The van der Waals surface area contributed by atoms with Crippen LogP contribution in [0.1, 0.15) is 11.6 Å². The number of nitrogens with zero attached hydrogens (tertiary/aromatic N) is 8. The summed E-state index contributed by atoms with van der Waals surface area (Å²) in [4.78, 5) is 2.50. The van der Waals surface area contributed by atoms with Gasteiger partial charge in [-0.05, 0) is 39.1 Å². The van der Waals surface area contributed by atoms with Gasteiger partial charge < -0.3 is 9.80 Å². The molecule has 0 aliphatic carbocycles. The summed E-state index contributed by atoms with van der Waals surface area (Å²) < 4.78 is 3.50. The first kappa shape index (κ1) is 16.1. The highest BCUT2D eigenvalue weighted by atomic mass is 15.6. The van der Waals surface area contributed by atoms with Crippen molar-refractivity contribution in [3.63, 3.8) is 0 Å². The van der Waals surface area contributed by atoms with Crippen molar-refractivity contribution >= 4 is 0 Å². The van der Waals surface area contributed by atoms with Crippen molar-refractivity contribution in [2.24, 2.45) is 0 Å². The zero-order valence-electron chi connectivity index (χ0n) is 14.3. The molecule has 0 saturated carbocycles. The first-order chi connectivity index (χ1) is 11.5. The highest BCUT2D eigenvalue weighted by Crippen LogP contribution is 2.14. The minimum atomic E-state index is 0.733. The Balaban J connectivity index is 1.96. The lowest BCUT2D eigenvalue weighted by atomic mass is 10.2. The minimum absolute atomic E-state index is 0.733. The molecule has 0 amide bonds. The number of rotatable bonds is 6. The third kappa shape index (κ3) is 3.44. The standard InChI is InChI=1S/C14H20N10/c1-21(2)9-13-15-17-19-23(13)11-6-5-7-12(8-11)24-14(10-22(3)4)16-18-20-24/h5-8H,9-10H2,1-4H3/p+2. The summed E-state index contributed by atoms with van der Waals surface area (Å²) in [6.45, 7) is 1.47. The Morgan fingerprint density at radius 2 is 1.25 bits per heavy atom. The largest absolute Gasteiger partial charge is 0.333 e. The lowest BCUT2D eigenvalue weighted by molar-refractivity contribution is -0.873. The second-order valence-corrected chi connectivity index (χ2v) is 6.30. The summed E-state index contributed by atoms with van der Waals surface area (Å²) in [5, 5.41) is 24.0. The second kappa shape index (κ2) is 6.81. The maximum absolute atomic E-state index is 4.11. The highest BCUT2D eigenvalue weighted by Gasteiger charge is 2.14. The van der Waals surface area contributed by atoms with Crippen LogP contribution in [-0.4, -0.2) is 68.6 Å². The van der Waals surface area contributed by atoms with E-state index in [2.05, 4.69) is 59.2 Å². The molecule has 126 valence electrons. The predicted octanol–water partition coefficient (Wildman–Crippen LogP) is -3.07. The van der Waals surface area contributed by atoms with E-state index in [1.807, 2.05) is 24.3 Å². The van der Waals surface area contributed by atoms with E-state index in [-0.39, 0.29) is 0 Å². The van der Waals surface area contributed by atoms with Crippen molar-refractivity contribution in [3.8, 4) is 11.4 Å². The molecule has 0 fully saturated rings. The fourth-order valence-corrected chi connectivity index (χ4v) is 2.42. The molecule has 10 heteroatoms. The van der Waals surface area contributed by atoms with Gasteiger partial charge in [0.2, 0.25) is 11.6 Å². The molecule has 2 N–H and O–H groups in total. The van der Waals surface area contributed by atoms with E-state index >= 15 is 0 Å². The molecular formula is C14H22N10+2. The molecule has 1 aromatic carbocycles. The van der Waals surface area contributed by atoms with Crippen molar-refractivity contribution in [2.45, 2.75) is 13.1 Å². The Morgan fingerprint density at radius 1 is 0.792 bits per heavy atom. The van der Waals surface area contributed by atoms with E-state index in [0.29, 0.717) is 0 Å². The summed E-state index contributed by atoms with van der Waals surface area (Å²) in [5.74, 6) is 1.61. The molecule has 0 unspecified atom stereocenters. The van der Waals surface area contributed by atoms with E-state index in [1.54, 1.807) is 9.36 Å². The fourth-order valence-electron chi connectivity index (χ4n) is 2.42. The van der Waals surface area contributed by atoms with Crippen molar-refractivity contribution in [1.29, 1.82) is 0 Å². The van der Waals surface area contributed by atoms with Gasteiger partial charge in [0.1, 0.15) is 13.1 Å². The zero-order chi connectivity index (χ0) is 17.1. The minimum Gasteiger partial charge on any atom is -0.333 e. The quantitative estimate of drug-likeness (QED) is 0.498. The number of hydrogen-bond acceptors (Lipinski definition) is 6. The third-order valence-electron chi connectivity index (χ3n) is 3.41. The van der Waals surface area contributed by atoms with E-state index in [0.717, 1.165) is 36.1 Å². The molecule has 24 heavy (non-hydrogen) atoms. The summed E-state index contributed by atoms with van der Waals surface area (Å²) in [5.41, 5.74) is 1.76. The van der Waals surface area contributed by atoms with Gasteiger partial charge in [0.05, 0.1) is 39.6 Å². The average Bonchev–Trinajstić information content (AvgIpc) is 3.15. The van der Waals surface area contributed by atoms with Crippen LogP contribution in [0, 0.1) is 0 Å². The predicted molar refractivity (Wildman–Crippen MR) is 84.9 cm³/mol. The van der Waals surface area contributed by atoms with Gasteiger partial charge in [-0.25, -0.2) is 0 Å². The Bertz CT molecular complexity index is 740. The second-order valence-electron chi connectivity index (χ2n) is 6.30. The van der Waals surface area contributed by atoms with E-state index in [1.165, 1.54) is 9.80 Å². The van der Waals surface area contributed by atoms with Crippen LogP contribution in [-0.2, 0) is 13.1 Å². The van der Waals surface area contributed by atoms with Crippen LogP contribution in [0.4, 0.5) is 0 Å². The molecule has 2 aromatic heterocycles.